The highest BCUT2D eigenvalue weighted by Crippen LogP contribution is 2.27. The monoisotopic (exact) mass is 357 g/mol. The summed E-state index contributed by atoms with van der Waals surface area (Å²) in [5.74, 6) is 1.35. The first kappa shape index (κ1) is 15.7. The number of pyridine rings is 1. The first-order valence-corrected chi connectivity index (χ1v) is 9.10. The van der Waals surface area contributed by atoms with Crippen LogP contribution in [0.1, 0.15) is 12.8 Å². The van der Waals surface area contributed by atoms with Crippen molar-refractivity contribution in [2.45, 2.75) is 12.8 Å². The molecule has 2 N–H and O–H groups in total. The Kier molecular flexibility index (Phi) is 3.90. The Morgan fingerprint density at radius 1 is 0.926 bits per heavy atom. The van der Waals surface area contributed by atoms with E-state index in [2.05, 4.69) is 54.6 Å². The molecule has 27 heavy (non-hydrogen) atoms. The van der Waals surface area contributed by atoms with Crippen molar-refractivity contribution in [1.29, 1.82) is 0 Å². The summed E-state index contributed by atoms with van der Waals surface area (Å²) < 4.78 is 0. The van der Waals surface area contributed by atoms with E-state index < -0.39 is 0 Å². The Bertz CT molecular complexity index is 1050. The fourth-order valence-electron chi connectivity index (χ4n) is 3.43. The molecule has 7 nitrogen and oxygen atoms in total. The summed E-state index contributed by atoms with van der Waals surface area (Å²) in [5, 5.41) is 10.5. The molecule has 0 spiro atoms. The second kappa shape index (κ2) is 6.68. The zero-order valence-corrected chi connectivity index (χ0v) is 14.8. The van der Waals surface area contributed by atoms with E-state index in [9.17, 15) is 0 Å². The van der Waals surface area contributed by atoms with Gasteiger partial charge in [0.15, 0.2) is 11.6 Å². The molecule has 0 atom stereocenters. The Morgan fingerprint density at radius 3 is 2.48 bits per heavy atom. The van der Waals surface area contributed by atoms with Crippen LogP contribution < -0.4 is 10.2 Å². The smallest absolute Gasteiger partial charge is 0.162 e. The van der Waals surface area contributed by atoms with Crippen molar-refractivity contribution >= 4 is 28.2 Å². The molecule has 0 saturated carbocycles. The van der Waals surface area contributed by atoms with Crippen LogP contribution in [0.3, 0.4) is 0 Å². The van der Waals surface area contributed by atoms with Gasteiger partial charge in [-0.1, -0.05) is 0 Å². The molecule has 5 rings (SSSR count). The lowest BCUT2D eigenvalue weighted by Crippen LogP contribution is -2.17. The van der Waals surface area contributed by atoms with Crippen molar-refractivity contribution in [1.82, 2.24) is 25.1 Å². The standard InChI is InChI=1S/C20H19N7/c1-2-12-27(11-1)16-5-3-15(4-6-16)23-20-18-17(13-22-26-18)24-19(25-20)14-7-9-21-10-8-14/h3-10,13H,1-2,11-12H2,(H,22,26)(H,23,24,25). The number of rotatable bonds is 4. The minimum absolute atomic E-state index is 0.641. The first-order valence-electron chi connectivity index (χ1n) is 9.10. The molecule has 0 bridgehead atoms. The molecule has 134 valence electrons. The van der Waals surface area contributed by atoms with Crippen molar-refractivity contribution in [3.05, 3.63) is 55.0 Å². The average molecular weight is 357 g/mol. The van der Waals surface area contributed by atoms with Gasteiger partial charge in [0, 0.05) is 42.4 Å². The van der Waals surface area contributed by atoms with Crippen molar-refractivity contribution in [2.75, 3.05) is 23.3 Å². The number of hydrogen-bond acceptors (Lipinski definition) is 6. The molecule has 3 aromatic heterocycles. The van der Waals surface area contributed by atoms with Gasteiger partial charge in [0.2, 0.25) is 0 Å². The maximum atomic E-state index is 4.71. The predicted molar refractivity (Wildman–Crippen MR) is 106 cm³/mol. The zero-order valence-electron chi connectivity index (χ0n) is 14.8. The molecule has 1 aliphatic rings. The van der Waals surface area contributed by atoms with Crippen LogP contribution >= 0.6 is 0 Å². The first-order chi connectivity index (χ1) is 13.4. The molecule has 1 aliphatic heterocycles. The molecule has 0 radical (unpaired) electrons. The number of nitrogens with one attached hydrogen (secondary N) is 2. The molecule has 1 aromatic carbocycles. The minimum atomic E-state index is 0.641. The third kappa shape index (κ3) is 3.08. The molecule has 4 heterocycles. The molecular formula is C20H19N7. The third-order valence-corrected chi connectivity index (χ3v) is 4.84. The van der Waals surface area contributed by atoms with Gasteiger partial charge in [-0.15, -0.1) is 0 Å². The Balaban J connectivity index is 1.48. The van der Waals surface area contributed by atoms with Crippen molar-refractivity contribution in [3.63, 3.8) is 0 Å². The molecule has 0 amide bonds. The van der Waals surface area contributed by atoms with Gasteiger partial charge in [-0.2, -0.15) is 5.10 Å². The van der Waals surface area contributed by atoms with Crippen LogP contribution in [0.25, 0.3) is 22.4 Å². The van der Waals surface area contributed by atoms with Gasteiger partial charge in [-0.05, 0) is 49.2 Å². The lowest BCUT2D eigenvalue weighted by molar-refractivity contribution is 0.949. The summed E-state index contributed by atoms with van der Waals surface area (Å²) in [5.41, 5.74) is 4.73. The van der Waals surface area contributed by atoms with E-state index in [1.165, 1.54) is 18.5 Å². The average Bonchev–Trinajstić information content (AvgIpc) is 3.41. The number of aromatic amines is 1. The van der Waals surface area contributed by atoms with E-state index in [-0.39, 0.29) is 0 Å². The van der Waals surface area contributed by atoms with Gasteiger partial charge >= 0.3 is 0 Å². The Hall–Kier alpha value is -3.48. The summed E-state index contributed by atoms with van der Waals surface area (Å²) >= 11 is 0. The summed E-state index contributed by atoms with van der Waals surface area (Å²) in [6.07, 6.45) is 7.74. The van der Waals surface area contributed by atoms with Gasteiger partial charge in [-0.25, -0.2) is 9.97 Å². The molecule has 7 heteroatoms. The number of nitrogens with zero attached hydrogens (tertiary/aromatic N) is 5. The fourth-order valence-corrected chi connectivity index (χ4v) is 3.43. The van der Waals surface area contributed by atoms with Crippen molar-refractivity contribution < 1.29 is 0 Å². The maximum Gasteiger partial charge on any atom is 0.162 e. The highest BCUT2D eigenvalue weighted by Gasteiger charge is 2.13. The van der Waals surface area contributed by atoms with Crippen LogP contribution in [0.5, 0.6) is 0 Å². The van der Waals surface area contributed by atoms with Crippen molar-refractivity contribution in [2.24, 2.45) is 0 Å². The van der Waals surface area contributed by atoms with Crippen molar-refractivity contribution in [3.8, 4) is 11.4 Å². The fraction of sp³-hybridized carbons (Fsp3) is 0.200. The largest absolute Gasteiger partial charge is 0.372 e. The molecule has 4 aromatic rings. The normalized spacial score (nSPS) is 14.0. The van der Waals surface area contributed by atoms with Crippen LogP contribution in [0.4, 0.5) is 17.2 Å². The molecule has 0 aliphatic carbocycles. The van der Waals surface area contributed by atoms with Gasteiger partial charge in [-0.3, -0.25) is 10.1 Å². The lowest BCUT2D eigenvalue weighted by Gasteiger charge is -2.18. The van der Waals surface area contributed by atoms with E-state index in [1.54, 1.807) is 18.6 Å². The summed E-state index contributed by atoms with van der Waals surface area (Å²) in [6.45, 7) is 2.28. The van der Waals surface area contributed by atoms with Gasteiger partial charge in [0.05, 0.1) is 6.20 Å². The third-order valence-electron chi connectivity index (χ3n) is 4.84. The molecule has 1 fully saturated rings. The van der Waals surface area contributed by atoms with Gasteiger partial charge in [0.1, 0.15) is 11.0 Å². The van der Waals surface area contributed by atoms with E-state index >= 15 is 0 Å². The lowest BCUT2D eigenvalue weighted by atomic mass is 10.2. The number of anilines is 3. The Labute approximate surface area is 156 Å². The molecular weight excluding hydrogens is 338 g/mol. The van der Waals surface area contributed by atoms with Crippen LogP contribution in [-0.4, -0.2) is 38.2 Å². The quantitative estimate of drug-likeness (QED) is 0.579. The van der Waals surface area contributed by atoms with E-state index in [0.29, 0.717) is 11.6 Å². The number of H-pyrrole nitrogens is 1. The van der Waals surface area contributed by atoms with E-state index in [1.807, 2.05) is 12.1 Å². The number of fused-ring (bicyclic) bond motifs is 1. The van der Waals surface area contributed by atoms with Crippen LogP contribution in [-0.2, 0) is 0 Å². The maximum absolute atomic E-state index is 4.71. The summed E-state index contributed by atoms with van der Waals surface area (Å²) in [6, 6.07) is 12.3. The molecule has 0 unspecified atom stereocenters. The topological polar surface area (TPSA) is 82.6 Å². The highest BCUT2D eigenvalue weighted by molar-refractivity contribution is 5.88. The highest BCUT2D eigenvalue weighted by atomic mass is 15.2. The van der Waals surface area contributed by atoms with Crippen LogP contribution in [0.2, 0.25) is 0 Å². The zero-order chi connectivity index (χ0) is 18.1. The van der Waals surface area contributed by atoms with Gasteiger partial charge < -0.3 is 10.2 Å². The second-order valence-corrected chi connectivity index (χ2v) is 6.63. The summed E-state index contributed by atoms with van der Waals surface area (Å²) in [7, 11) is 0. The predicted octanol–water partition coefficient (Wildman–Crippen LogP) is 3.76. The Morgan fingerprint density at radius 2 is 1.70 bits per heavy atom. The number of hydrogen-bond donors (Lipinski definition) is 2. The van der Waals surface area contributed by atoms with E-state index in [4.69, 9.17) is 4.98 Å². The van der Waals surface area contributed by atoms with E-state index in [0.717, 1.165) is 35.4 Å². The van der Waals surface area contributed by atoms with Crippen LogP contribution in [0.15, 0.2) is 55.0 Å². The second-order valence-electron chi connectivity index (χ2n) is 6.63. The van der Waals surface area contributed by atoms with Gasteiger partial charge in [0.25, 0.3) is 0 Å². The number of aromatic nitrogens is 5. The minimum Gasteiger partial charge on any atom is -0.372 e. The number of benzene rings is 1. The summed E-state index contributed by atoms with van der Waals surface area (Å²) in [4.78, 5) is 15.8. The van der Waals surface area contributed by atoms with Crippen LogP contribution in [0, 0.1) is 0 Å². The molecule has 1 saturated heterocycles. The SMILES string of the molecule is c1cc(-c2nc(Nc3ccc(N4CCCC4)cc3)c3[nH]ncc3n2)ccn1.